The molecule has 2 N–H and O–H groups in total. The summed E-state index contributed by atoms with van der Waals surface area (Å²) < 4.78 is 0. The topological polar surface area (TPSA) is 73.6 Å². The third-order valence-electron chi connectivity index (χ3n) is 5.42. The summed E-state index contributed by atoms with van der Waals surface area (Å²) in [5.41, 5.74) is 6.74. The Morgan fingerprint density at radius 1 is 1.10 bits per heavy atom. The first-order chi connectivity index (χ1) is 14.1. The van der Waals surface area contributed by atoms with E-state index in [-0.39, 0.29) is 12.6 Å². The molecule has 29 heavy (non-hydrogen) atoms. The van der Waals surface area contributed by atoms with Crippen LogP contribution in [-0.2, 0) is 6.42 Å². The Kier molecular flexibility index (Phi) is 5.44. The molecule has 1 atom stereocenters. The van der Waals surface area contributed by atoms with Crippen molar-refractivity contribution >= 4 is 11.5 Å². The molecular formula is C24H25N5. The van der Waals surface area contributed by atoms with Crippen LogP contribution >= 0.6 is 0 Å². The third-order valence-corrected chi connectivity index (χ3v) is 5.42. The molecule has 0 bridgehead atoms. The van der Waals surface area contributed by atoms with Gasteiger partial charge in [-0.05, 0) is 55.9 Å². The predicted molar refractivity (Wildman–Crippen MR) is 117 cm³/mol. The highest BCUT2D eigenvalue weighted by Crippen LogP contribution is 2.33. The third kappa shape index (κ3) is 4.22. The van der Waals surface area contributed by atoms with Gasteiger partial charge >= 0.3 is 0 Å². The molecule has 146 valence electrons. The van der Waals surface area contributed by atoms with Gasteiger partial charge in [0, 0.05) is 17.3 Å². The minimum Gasteiger partial charge on any atom is -0.372 e. The minimum atomic E-state index is 0.271. The van der Waals surface area contributed by atoms with Crippen molar-refractivity contribution in [2.45, 2.75) is 39.2 Å². The minimum absolute atomic E-state index is 0.271. The number of nitriles is 1. The molecule has 5 heteroatoms. The van der Waals surface area contributed by atoms with Gasteiger partial charge in [0.2, 0.25) is 0 Å². The number of anilines is 2. The van der Waals surface area contributed by atoms with E-state index in [1.807, 2.05) is 26.0 Å². The van der Waals surface area contributed by atoms with Crippen LogP contribution in [0.4, 0.5) is 11.5 Å². The van der Waals surface area contributed by atoms with Crippen molar-refractivity contribution in [3.05, 3.63) is 71.0 Å². The fourth-order valence-electron chi connectivity index (χ4n) is 3.98. The molecule has 2 aromatic carbocycles. The summed E-state index contributed by atoms with van der Waals surface area (Å²) in [7, 11) is 0. The van der Waals surface area contributed by atoms with Crippen molar-refractivity contribution in [1.82, 2.24) is 9.97 Å². The number of nitrogens with one attached hydrogen (secondary N) is 2. The first kappa shape index (κ1) is 18.9. The molecule has 5 nitrogen and oxygen atoms in total. The number of hydrogen-bond acceptors (Lipinski definition) is 5. The Morgan fingerprint density at radius 3 is 2.83 bits per heavy atom. The highest BCUT2D eigenvalue weighted by molar-refractivity contribution is 5.69. The molecule has 0 fully saturated rings. The van der Waals surface area contributed by atoms with E-state index in [1.54, 1.807) is 0 Å². The first-order valence-electron chi connectivity index (χ1n) is 10.1. The maximum Gasteiger partial charge on any atom is 0.130 e. The largest absolute Gasteiger partial charge is 0.372 e. The zero-order valence-corrected chi connectivity index (χ0v) is 16.9. The number of nitrogens with zero attached hydrogens (tertiary/aromatic N) is 3. The molecule has 0 saturated carbocycles. The zero-order valence-electron chi connectivity index (χ0n) is 16.9. The van der Waals surface area contributed by atoms with Gasteiger partial charge in [-0.3, -0.25) is 0 Å². The summed E-state index contributed by atoms with van der Waals surface area (Å²) >= 11 is 0. The van der Waals surface area contributed by atoms with Crippen LogP contribution in [0.25, 0.3) is 11.3 Å². The van der Waals surface area contributed by atoms with E-state index < -0.39 is 0 Å². The molecule has 0 radical (unpaired) electrons. The second kappa shape index (κ2) is 8.32. The number of rotatable bonds is 5. The molecule has 0 spiro atoms. The van der Waals surface area contributed by atoms with E-state index in [1.165, 1.54) is 17.5 Å². The Bertz CT molecular complexity index is 1070. The molecule has 1 heterocycles. The first-order valence-corrected chi connectivity index (χ1v) is 10.1. The molecule has 1 aliphatic carbocycles. The second-order valence-corrected chi connectivity index (χ2v) is 7.51. The van der Waals surface area contributed by atoms with Gasteiger partial charge in [0.1, 0.15) is 18.2 Å². The lowest BCUT2D eigenvalue weighted by molar-refractivity contribution is 0.598. The van der Waals surface area contributed by atoms with Crippen LogP contribution in [0.5, 0.6) is 0 Å². The second-order valence-electron chi connectivity index (χ2n) is 7.51. The summed E-state index contributed by atoms with van der Waals surface area (Å²) in [6.45, 7) is 4.23. The van der Waals surface area contributed by atoms with Crippen LogP contribution in [0.15, 0.2) is 48.5 Å². The number of aryl methyl sites for hydroxylation is 3. The number of hydrogen-bond donors (Lipinski definition) is 2. The summed E-state index contributed by atoms with van der Waals surface area (Å²) in [6.07, 6.45) is 3.42. The Hall–Kier alpha value is -3.39. The SMILES string of the molecule is Cc1nc(NC2CCCc3ccccc32)cc(-c2ccc(C)c(NCC#N)c2)n1. The van der Waals surface area contributed by atoms with E-state index in [0.717, 1.165) is 47.0 Å². The lowest BCUT2D eigenvalue weighted by Gasteiger charge is -2.27. The quantitative estimate of drug-likeness (QED) is 0.594. The summed E-state index contributed by atoms with van der Waals surface area (Å²) in [6, 6.07) is 19.2. The van der Waals surface area contributed by atoms with Crippen LogP contribution in [0, 0.1) is 25.2 Å². The lowest BCUT2D eigenvalue weighted by atomic mass is 9.88. The van der Waals surface area contributed by atoms with E-state index in [2.05, 4.69) is 63.1 Å². The van der Waals surface area contributed by atoms with Gasteiger partial charge in [-0.25, -0.2) is 9.97 Å². The van der Waals surface area contributed by atoms with Gasteiger partial charge in [-0.1, -0.05) is 36.4 Å². The molecule has 0 aliphatic heterocycles. The van der Waals surface area contributed by atoms with Gasteiger partial charge in [0.15, 0.2) is 0 Å². The van der Waals surface area contributed by atoms with Crippen LogP contribution < -0.4 is 10.6 Å². The smallest absolute Gasteiger partial charge is 0.130 e. The van der Waals surface area contributed by atoms with Crippen molar-refractivity contribution in [3.63, 3.8) is 0 Å². The fraction of sp³-hybridized carbons (Fsp3) is 0.292. The highest BCUT2D eigenvalue weighted by Gasteiger charge is 2.20. The van der Waals surface area contributed by atoms with Gasteiger partial charge in [0.05, 0.1) is 17.8 Å². The van der Waals surface area contributed by atoms with E-state index in [0.29, 0.717) is 0 Å². The standard InChI is InChI=1S/C24H25N5/c1-16-10-11-19(14-22(16)26-13-12-25)23-15-24(28-17(2)27-23)29-21-9-5-7-18-6-3-4-8-20(18)21/h3-4,6,8,10-11,14-15,21,26H,5,7,9,13H2,1-2H3,(H,27,28,29). The van der Waals surface area contributed by atoms with E-state index in [9.17, 15) is 0 Å². The average molecular weight is 383 g/mol. The molecule has 3 aromatic rings. The van der Waals surface area contributed by atoms with Crippen molar-refractivity contribution in [2.75, 3.05) is 17.2 Å². The van der Waals surface area contributed by atoms with Gasteiger partial charge < -0.3 is 10.6 Å². The Balaban J connectivity index is 1.63. The fourth-order valence-corrected chi connectivity index (χ4v) is 3.98. The number of benzene rings is 2. The Labute approximate surface area is 171 Å². The molecule has 1 aromatic heterocycles. The summed E-state index contributed by atoms with van der Waals surface area (Å²) in [5.74, 6) is 1.59. The van der Waals surface area contributed by atoms with Crippen molar-refractivity contribution in [2.24, 2.45) is 0 Å². The molecule has 0 saturated heterocycles. The average Bonchev–Trinajstić information content (AvgIpc) is 2.73. The Morgan fingerprint density at radius 2 is 1.97 bits per heavy atom. The molecule has 4 rings (SSSR count). The van der Waals surface area contributed by atoms with E-state index >= 15 is 0 Å². The molecule has 1 aliphatic rings. The maximum atomic E-state index is 8.86. The van der Waals surface area contributed by atoms with Crippen LogP contribution in [0.2, 0.25) is 0 Å². The lowest BCUT2D eigenvalue weighted by Crippen LogP contribution is -2.18. The monoisotopic (exact) mass is 383 g/mol. The maximum absolute atomic E-state index is 8.86. The molecule has 0 amide bonds. The highest BCUT2D eigenvalue weighted by atomic mass is 15.0. The van der Waals surface area contributed by atoms with Gasteiger partial charge in [-0.2, -0.15) is 5.26 Å². The van der Waals surface area contributed by atoms with E-state index in [4.69, 9.17) is 5.26 Å². The summed E-state index contributed by atoms with van der Waals surface area (Å²) in [5, 5.41) is 15.7. The van der Waals surface area contributed by atoms with Crippen LogP contribution in [0.1, 0.15) is 41.4 Å². The van der Waals surface area contributed by atoms with Crippen LogP contribution in [-0.4, -0.2) is 16.5 Å². The van der Waals surface area contributed by atoms with Gasteiger partial charge in [-0.15, -0.1) is 0 Å². The predicted octanol–water partition coefficient (Wildman–Crippen LogP) is 5.19. The van der Waals surface area contributed by atoms with Crippen LogP contribution in [0.3, 0.4) is 0 Å². The summed E-state index contributed by atoms with van der Waals surface area (Å²) in [4.78, 5) is 9.28. The number of fused-ring (bicyclic) bond motifs is 1. The normalized spacial score (nSPS) is 15.3. The van der Waals surface area contributed by atoms with Crippen molar-refractivity contribution in [1.29, 1.82) is 5.26 Å². The zero-order chi connectivity index (χ0) is 20.2. The van der Waals surface area contributed by atoms with Crippen molar-refractivity contribution < 1.29 is 0 Å². The number of aromatic nitrogens is 2. The van der Waals surface area contributed by atoms with Crippen molar-refractivity contribution in [3.8, 4) is 17.3 Å². The molecular weight excluding hydrogens is 358 g/mol. The van der Waals surface area contributed by atoms with Gasteiger partial charge in [0.25, 0.3) is 0 Å². The molecule has 1 unspecified atom stereocenters.